The Bertz CT molecular complexity index is 5170. The molecule has 105 heavy (non-hydrogen) atoms. The van der Waals surface area contributed by atoms with Gasteiger partial charge in [0.05, 0.1) is 45.1 Å². The molecule has 0 bridgehead atoms. The number of aliphatic hydroxyl groups excluding tert-OH is 3. The van der Waals surface area contributed by atoms with E-state index in [0.29, 0.717) is 47.9 Å². The number of hydrogen-bond donors (Lipinski definition) is 3. The fourth-order valence-corrected chi connectivity index (χ4v) is 14.5. The van der Waals surface area contributed by atoms with Gasteiger partial charge in [-0.2, -0.15) is 0 Å². The summed E-state index contributed by atoms with van der Waals surface area (Å²) in [5.41, 5.74) is 13.8. The van der Waals surface area contributed by atoms with Crippen molar-refractivity contribution >= 4 is 5.97 Å². The van der Waals surface area contributed by atoms with Gasteiger partial charge in [0.2, 0.25) is 0 Å². The molecule has 0 atom stereocenters. The van der Waals surface area contributed by atoms with Crippen LogP contribution in [0.3, 0.4) is 0 Å². The van der Waals surface area contributed by atoms with Crippen LogP contribution in [0.15, 0.2) is 301 Å². The molecular weight excluding hydrogens is 1310 g/mol. The Morgan fingerprint density at radius 3 is 1.03 bits per heavy atom. The molecule has 14 rings (SSSR count). The Kier molecular flexibility index (Phi) is 22.1. The normalized spacial score (nSPS) is 11.4. The molecule has 0 fully saturated rings. The van der Waals surface area contributed by atoms with Gasteiger partial charge in [-0.25, -0.2) is 14.2 Å². The summed E-state index contributed by atoms with van der Waals surface area (Å²) in [6.45, 7) is 5.48. The molecule has 0 aliphatic carbocycles. The number of pyridine rings is 2. The minimum atomic E-state index is -0.908. The number of benzene rings is 10. The van der Waals surface area contributed by atoms with Crippen LogP contribution < -0.4 is 11.1 Å². The summed E-state index contributed by atoms with van der Waals surface area (Å²) in [6, 6.07) is 97.3. The maximum Gasteiger partial charge on any atom is 0.339 e. The molecular formula is C88H80N10O7. The standard InChI is InChI=1S/C45H41N5O4.C43H39N5O3/c1-3-16-41-40(44(53)54-4-2)29-34(31-51)43(52)49(41)30-32-25-27-33(28-26-32)38-23-14-15-24-39(38)42-46-47-48-50(42)45(35-17-8-5-9-18-35,36-19-10-6-11-20-36)37-21-12-7-13-22-37;1-2-14-40-33(29-49)27-34(30-50)42(51)47(40)28-31-23-25-32(26-24-31)38-21-12-13-22-39(38)41-44-45-46-48(41)43(35-15-6-3-7-16-35,36-17-8-4-9-18-36)37-19-10-5-11-20-37/h5-15,17-29,51H,3-4,16,30-31H2,1-2H3;3-13,15-27,49-50H,2,14,28-30H2,1H3. The minimum absolute atomic E-state index is 0.152. The number of aromatic nitrogens is 10. The van der Waals surface area contributed by atoms with E-state index in [1.54, 1.807) is 22.1 Å². The Hall–Kier alpha value is -12.4. The quantitative estimate of drug-likeness (QED) is 0.0359. The van der Waals surface area contributed by atoms with Crippen LogP contribution in [-0.4, -0.2) is 77.4 Å². The third-order valence-corrected chi connectivity index (χ3v) is 19.3. The van der Waals surface area contributed by atoms with Crippen LogP contribution in [0.25, 0.3) is 45.0 Å². The average molecular weight is 1390 g/mol. The van der Waals surface area contributed by atoms with Crippen molar-refractivity contribution in [2.75, 3.05) is 6.61 Å². The fourth-order valence-electron chi connectivity index (χ4n) is 14.5. The van der Waals surface area contributed by atoms with Crippen molar-refractivity contribution in [3.63, 3.8) is 0 Å². The third kappa shape index (κ3) is 14.1. The van der Waals surface area contributed by atoms with Crippen LogP contribution in [0.5, 0.6) is 0 Å². The zero-order valence-corrected chi connectivity index (χ0v) is 58.7. The van der Waals surface area contributed by atoms with Crippen molar-refractivity contribution in [1.29, 1.82) is 0 Å². The summed E-state index contributed by atoms with van der Waals surface area (Å²) in [5, 5.41) is 57.4. The summed E-state index contributed by atoms with van der Waals surface area (Å²) >= 11 is 0. The van der Waals surface area contributed by atoms with Gasteiger partial charge in [-0.15, -0.1) is 10.2 Å². The van der Waals surface area contributed by atoms with Crippen molar-refractivity contribution in [1.82, 2.24) is 49.5 Å². The van der Waals surface area contributed by atoms with Crippen LogP contribution in [0, 0.1) is 0 Å². The summed E-state index contributed by atoms with van der Waals surface area (Å²) in [5.74, 6) is 0.697. The van der Waals surface area contributed by atoms with E-state index < -0.39 is 23.7 Å². The largest absolute Gasteiger partial charge is 0.462 e. The van der Waals surface area contributed by atoms with E-state index in [0.717, 1.165) is 96.4 Å². The number of carbonyl (C=O) groups is 1. The monoisotopic (exact) mass is 1390 g/mol. The number of nitrogens with zero attached hydrogens (tertiary/aromatic N) is 10. The lowest BCUT2D eigenvalue weighted by atomic mass is 9.77. The van der Waals surface area contributed by atoms with Crippen LogP contribution in [-0.2, 0) is 61.6 Å². The highest BCUT2D eigenvalue weighted by Gasteiger charge is 2.44. The average Bonchev–Trinajstić information content (AvgIpc) is 1.69. The zero-order chi connectivity index (χ0) is 72.7. The van der Waals surface area contributed by atoms with Crippen molar-refractivity contribution in [3.8, 4) is 45.0 Å². The van der Waals surface area contributed by atoms with Crippen molar-refractivity contribution in [3.05, 3.63) is 390 Å². The first-order valence-corrected chi connectivity index (χ1v) is 35.4. The molecule has 0 aliphatic heterocycles. The molecule has 4 aromatic heterocycles. The van der Waals surface area contributed by atoms with E-state index in [1.807, 2.05) is 205 Å². The fraction of sp³-hybridized carbons (Fsp3) is 0.170. The minimum Gasteiger partial charge on any atom is -0.462 e. The number of rotatable bonds is 25. The highest BCUT2D eigenvalue weighted by Crippen LogP contribution is 2.46. The Morgan fingerprint density at radius 1 is 0.381 bits per heavy atom. The van der Waals surface area contributed by atoms with Crippen molar-refractivity contribution < 1.29 is 24.9 Å². The van der Waals surface area contributed by atoms with E-state index in [9.17, 15) is 29.7 Å². The first-order valence-electron chi connectivity index (χ1n) is 35.4. The van der Waals surface area contributed by atoms with Gasteiger partial charge in [-0.05, 0) is 125 Å². The van der Waals surface area contributed by atoms with Crippen LogP contribution in [0.4, 0.5) is 0 Å². The summed E-state index contributed by atoms with van der Waals surface area (Å²) in [4.78, 5) is 39.8. The van der Waals surface area contributed by atoms with Gasteiger partial charge in [-0.3, -0.25) is 9.59 Å². The van der Waals surface area contributed by atoms with E-state index in [-0.39, 0.29) is 48.6 Å². The summed E-state index contributed by atoms with van der Waals surface area (Å²) in [6.07, 6.45) is 2.69. The highest BCUT2D eigenvalue weighted by molar-refractivity contribution is 5.91. The molecule has 524 valence electrons. The van der Waals surface area contributed by atoms with Gasteiger partial charge < -0.3 is 29.2 Å². The zero-order valence-electron chi connectivity index (χ0n) is 58.7. The maximum atomic E-state index is 13.5. The van der Waals surface area contributed by atoms with Gasteiger partial charge in [0.1, 0.15) is 11.1 Å². The molecule has 0 amide bonds. The Labute approximate surface area is 609 Å². The lowest BCUT2D eigenvalue weighted by molar-refractivity contribution is 0.0523. The summed E-state index contributed by atoms with van der Waals surface area (Å²) in [7, 11) is 0. The Morgan fingerprint density at radius 2 is 0.695 bits per heavy atom. The molecule has 0 spiro atoms. The van der Waals surface area contributed by atoms with E-state index in [2.05, 4.69) is 118 Å². The second-order valence-corrected chi connectivity index (χ2v) is 25.6. The molecule has 17 nitrogen and oxygen atoms in total. The molecule has 0 aliphatic rings. The predicted molar refractivity (Wildman–Crippen MR) is 408 cm³/mol. The van der Waals surface area contributed by atoms with Gasteiger partial charge >= 0.3 is 5.97 Å². The number of carbonyl (C=O) groups excluding carboxylic acids is 1. The molecule has 4 heterocycles. The van der Waals surface area contributed by atoms with Gasteiger partial charge in [0.25, 0.3) is 11.1 Å². The molecule has 17 heteroatoms. The number of ether oxygens (including phenoxy) is 1. The second-order valence-electron chi connectivity index (χ2n) is 25.6. The number of esters is 1. The van der Waals surface area contributed by atoms with E-state index in [4.69, 9.17) is 15.2 Å². The highest BCUT2D eigenvalue weighted by atomic mass is 16.5. The Balaban J connectivity index is 0.000000187. The molecule has 3 N–H and O–H groups in total. The van der Waals surface area contributed by atoms with Crippen molar-refractivity contribution in [2.45, 2.75) is 90.4 Å². The van der Waals surface area contributed by atoms with Crippen LogP contribution in [0.2, 0.25) is 0 Å². The van der Waals surface area contributed by atoms with Gasteiger partial charge in [-0.1, -0.05) is 306 Å². The number of tetrazole rings is 2. The van der Waals surface area contributed by atoms with Gasteiger partial charge in [0, 0.05) is 33.6 Å². The maximum absolute atomic E-state index is 13.5. The molecule has 0 radical (unpaired) electrons. The van der Waals surface area contributed by atoms with Crippen molar-refractivity contribution in [2.24, 2.45) is 0 Å². The first-order chi connectivity index (χ1) is 51.6. The lowest BCUT2D eigenvalue weighted by Crippen LogP contribution is -2.39. The molecule has 0 unspecified atom stereocenters. The van der Waals surface area contributed by atoms with E-state index >= 15 is 0 Å². The molecule has 0 saturated heterocycles. The number of aliphatic hydroxyl groups is 3. The third-order valence-electron chi connectivity index (χ3n) is 19.3. The van der Waals surface area contributed by atoms with E-state index in [1.165, 1.54) is 6.07 Å². The van der Waals surface area contributed by atoms with Gasteiger partial charge in [0.15, 0.2) is 11.6 Å². The number of hydrogen-bond acceptors (Lipinski definition) is 13. The predicted octanol–water partition coefficient (Wildman–Crippen LogP) is 14.7. The SMILES string of the molecule is CCCc1c(C(=O)OCC)cc(CO)c(=O)n1Cc1ccc(-c2ccccc2-c2nnnn2C(c2ccccc2)(c2ccccc2)c2ccccc2)cc1.CCCc1c(CO)cc(CO)c(=O)n1Cc1ccc(-c2ccccc2-c2nnnn2C(c2ccccc2)(c2ccccc2)c2ccccc2)cc1. The van der Waals surface area contributed by atoms with Crippen LogP contribution >= 0.6 is 0 Å². The molecule has 14 aromatic rings. The van der Waals surface area contributed by atoms with Crippen LogP contribution in [0.1, 0.15) is 117 Å². The molecule has 0 saturated carbocycles. The lowest BCUT2D eigenvalue weighted by Gasteiger charge is -2.36. The molecule has 10 aromatic carbocycles. The summed E-state index contributed by atoms with van der Waals surface area (Å²) < 4.78 is 12.5. The second kappa shape index (κ2) is 32.7. The first kappa shape index (κ1) is 71.0. The smallest absolute Gasteiger partial charge is 0.339 e. The topological polar surface area (TPSA) is 218 Å².